The van der Waals surface area contributed by atoms with E-state index in [1.807, 2.05) is 30.3 Å². The van der Waals surface area contributed by atoms with Gasteiger partial charge in [0.05, 0.1) is 12.5 Å². The average Bonchev–Trinajstić information content (AvgIpc) is 3.02. The van der Waals surface area contributed by atoms with Gasteiger partial charge in [-0.05, 0) is 37.1 Å². The van der Waals surface area contributed by atoms with Crippen LogP contribution in [0.4, 0.5) is 0 Å². The lowest BCUT2D eigenvalue weighted by Crippen LogP contribution is -2.30. The Morgan fingerprint density at radius 3 is 2.60 bits per heavy atom. The minimum absolute atomic E-state index is 0.0939. The van der Waals surface area contributed by atoms with E-state index in [0.717, 1.165) is 11.1 Å². The number of rotatable bonds is 5. The Morgan fingerprint density at radius 2 is 1.96 bits per heavy atom. The third-order valence-corrected chi connectivity index (χ3v) is 3.93. The van der Waals surface area contributed by atoms with Crippen molar-refractivity contribution in [2.75, 3.05) is 0 Å². The topological polar surface area (TPSA) is 88.2 Å². The quantitative estimate of drug-likeness (QED) is 0.747. The highest BCUT2D eigenvalue weighted by Gasteiger charge is 2.19. The number of hydrogen-bond acceptors (Lipinski definition) is 5. The second-order valence-corrected chi connectivity index (χ2v) is 5.88. The van der Waals surface area contributed by atoms with Crippen LogP contribution in [0.2, 0.25) is 0 Å². The van der Waals surface area contributed by atoms with Crippen molar-refractivity contribution in [3.05, 3.63) is 76.9 Å². The minimum Gasteiger partial charge on any atom is -0.508 e. The van der Waals surface area contributed by atoms with Gasteiger partial charge >= 0.3 is 0 Å². The van der Waals surface area contributed by atoms with Crippen molar-refractivity contribution in [3.63, 3.8) is 0 Å². The third-order valence-electron chi connectivity index (χ3n) is 3.93. The van der Waals surface area contributed by atoms with Gasteiger partial charge in [-0.15, -0.1) is 0 Å². The first kappa shape index (κ1) is 16.7. The third kappa shape index (κ3) is 4.03. The lowest BCUT2D eigenvalue weighted by Gasteiger charge is -2.18. The van der Waals surface area contributed by atoms with E-state index in [0.29, 0.717) is 23.7 Å². The highest BCUT2D eigenvalue weighted by Crippen LogP contribution is 2.21. The Balaban J connectivity index is 1.83. The zero-order valence-corrected chi connectivity index (χ0v) is 14.1. The van der Waals surface area contributed by atoms with Crippen molar-refractivity contribution in [2.24, 2.45) is 0 Å². The molecule has 0 saturated heterocycles. The molecule has 1 amide bonds. The first-order valence-electron chi connectivity index (χ1n) is 7.97. The molecule has 0 unspecified atom stereocenters. The fourth-order valence-corrected chi connectivity index (χ4v) is 2.53. The number of carbonyl (C=O) groups is 1. The predicted molar refractivity (Wildman–Crippen MR) is 92.2 cm³/mol. The van der Waals surface area contributed by atoms with Crippen LogP contribution in [0.1, 0.15) is 39.2 Å². The highest BCUT2D eigenvalue weighted by molar-refractivity contribution is 5.95. The molecule has 0 saturated carbocycles. The van der Waals surface area contributed by atoms with Crippen LogP contribution in [0.3, 0.4) is 0 Å². The Kier molecular flexibility index (Phi) is 4.79. The molecular weight excluding hydrogens is 318 g/mol. The molecule has 1 aromatic heterocycles. The van der Waals surface area contributed by atoms with Gasteiger partial charge in [0.1, 0.15) is 5.75 Å². The molecule has 1 heterocycles. The van der Waals surface area contributed by atoms with Crippen molar-refractivity contribution >= 4 is 5.91 Å². The fraction of sp³-hybridized carbons (Fsp3) is 0.211. The molecule has 3 rings (SSSR count). The fourth-order valence-electron chi connectivity index (χ4n) is 2.53. The van der Waals surface area contributed by atoms with Gasteiger partial charge in [-0.2, -0.15) is 4.98 Å². The second-order valence-electron chi connectivity index (χ2n) is 5.88. The van der Waals surface area contributed by atoms with Crippen LogP contribution in [0, 0.1) is 13.8 Å². The van der Waals surface area contributed by atoms with E-state index in [9.17, 15) is 9.90 Å². The molecule has 0 spiro atoms. The van der Waals surface area contributed by atoms with E-state index < -0.39 is 0 Å². The van der Waals surface area contributed by atoms with Crippen LogP contribution in [0.15, 0.2) is 53.1 Å². The molecule has 0 aliphatic rings. The van der Waals surface area contributed by atoms with Gasteiger partial charge in [0.25, 0.3) is 5.91 Å². The molecule has 6 heteroatoms. The summed E-state index contributed by atoms with van der Waals surface area (Å²) in [4.78, 5) is 16.8. The summed E-state index contributed by atoms with van der Waals surface area (Å²) in [5, 5.41) is 16.6. The van der Waals surface area contributed by atoms with Gasteiger partial charge in [-0.25, -0.2) is 0 Å². The maximum absolute atomic E-state index is 12.6. The predicted octanol–water partition coefficient (Wildman–Crippen LogP) is 3.11. The summed E-state index contributed by atoms with van der Waals surface area (Å²) in [5.41, 5.74) is 2.05. The van der Waals surface area contributed by atoms with Crippen molar-refractivity contribution in [3.8, 4) is 5.75 Å². The molecule has 0 fully saturated rings. The molecule has 128 valence electrons. The van der Waals surface area contributed by atoms with E-state index in [4.69, 9.17) is 4.52 Å². The van der Waals surface area contributed by atoms with Crippen molar-refractivity contribution in [1.29, 1.82) is 0 Å². The van der Waals surface area contributed by atoms with Crippen molar-refractivity contribution in [1.82, 2.24) is 15.5 Å². The standard InChI is InChI=1S/C19H19N3O3/c1-12-8-9-15(10-17(12)23)19(24)21-16(14-6-4-3-5-7-14)11-18-20-13(2)22-25-18/h3-10,16,23H,11H2,1-2H3,(H,21,24)/t16-/m1/s1. The Morgan fingerprint density at radius 1 is 1.20 bits per heavy atom. The van der Waals surface area contributed by atoms with Gasteiger partial charge in [-0.3, -0.25) is 4.79 Å². The molecule has 25 heavy (non-hydrogen) atoms. The van der Waals surface area contributed by atoms with Gasteiger partial charge < -0.3 is 14.9 Å². The number of phenols is 1. The van der Waals surface area contributed by atoms with E-state index in [1.54, 1.807) is 26.0 Å². The average molecular weight is 337 g/mol. The van der Waals surface area contributed by atoms with Crippen LogP contribution in [0.25, 0.3) is 0 Å². The highest BCUT2D eigenvalue weighted by atomic mass is 16.5. The number of amides is 1. The lowest BCUT2D eigenvalue weighted by atomic mass is 10.0. The summed E-state index contributed by atoms with van der Waals surface area (Å²) in [5.74, 6) is 0.826. The first-order chi connectivity index (χ1) is 12.0. The molecule has 3 aromatic rings. The molecular formula is C19H19N3O3. The number of hydrogen-bond donors (Lipinski definition) is 2. The summed E-state index contributed by atoms with van der Waals surface area (Å²) in [7, 11) is 0. The van der Waals surface area contributed by atoms with Crippen LogP contribution < -0.4 is 5.32 Å². The SMILES string of the molecule is Cc1noc(C[C@@H](NC(=O)c2ccc(C)c(O)c2)c2ccccc2)n1. The van der Waals surface area contributed by atoms with Gasteiger partial charge in [-0.1, -0.05) is 41.6 Å². The monoisotopic (exact) mass is 337 g/mol. The lowest BCUT2D eigenvalue weighted by molar-refractivity contribution is 0.0934. The van der Waals surface area contributed by atoms with Gasteiger partial charge in [0.2, 0.25) is 5.89 Å². The van der Waals surface area contributed by atoms with Crippen LogP contribution in [-0.4, -0.2) is 21.2 Å². The number of nitrogens with one attached hydrogen (secondary N) is 1. The van der Waals surface area contributed by atoms with Gasteiger partial charge in [0, 0.05) is 5.56 Å². The number of nitrogens with zero attached hydrogens (tertiary/aromatic N) is 2. The summed E-state index contributed by atoms with van der Waals surface area (Å²) < 4.78 is 5.19. The maximum atomic E-state index is 12.6. The molecule has 6 nitrogen and oxygen atoms in total. The zero-order valence-electron chi connectivity index (χ0n) is 14.1. The number of aryl methyl sites for hydroxylation is 2. The largest absolute Gasteiger partial charge is 0.508 e. The summed E-state index contributed by atoms with van der Waals surface area (Å²) in [6, 6.07) is 14.1. The molecule has 2 aromatic carbocycles. The van der Waals surface area contributed by atoms with Crippen LogP contribution in [-0.2, 0) is 6.42 Å². The summed E-state index contributed by atoms with van der Waals surface area (Å²) in [6.45, 7) is 3.53. The minimum atomic E-state index is -0.322. The number of benzene rings is 2. The van der Waals surface area contributed by atoms with E-state index >= 15 is 0 Å². The smallest absolute Gasteiger partial charge is 0.251 e. The number of carbonyl (C=O) groups excluding carboxylic acids is 1. The van der Waals surface area contributed by atoms with Crippen LogP contribution >= 0.6 is 0 Å². The first-order valence-corrected chi connectivity index (χ1v) is 7.97. The maximum Gasteiger partial charge on any atom is 0.251 e. The number of aromatic hydroxyl groups is 1. The Labute approximate surface area is 145 Å². The molecule has 2 N–H and O–H groups in total. The number of phenolic OH excluding ortho intramolecular Hbond substituents is 1. The number of aromatic nitrogens is 2. The summed E-state index contributed by atoms with van der Waals surface area (Å²) >= 11 is 0. The Hall–Kier alpha value is -3.15. The second kappa shape index (κ2) is 7.17. The summed E-state index contributed by atoms with van der Waals surface area (Å²) in [6.07, 6.45) is 0.383. The molecule has 0 bridgehead atoms. The van der Waals surface area contributed by atoms with Crippen molar-refractivity contribution in [2.45, 2.75) is 26.3 Å². The van der Waals surface area contributed by atoms with E-state index in [1.165, 1.54) is 6.07 Å². The molecule has 0 radical (unpaired) electrons. The molecule has 0 aliphatic carbocycles. The van der Waals surface area contributed by atoms with E-state index in [2.05, 4.69) is 15.5 Å². The molecule has 1 atom stereocenters. The zero-order chi connectivity index (χ0) is 17.8. The van der Waals surface area contributed by atoms with Crippen molar-refractivity contribution < 1.29 is 14.4 Å². The Bertz CT molecular complexity index is 875. The van der Waals surface area contributed by atoms with Gasteiger partial charge in [0.15, 0.2) is 5.82 Å². The normalized spacial score (nSPS) is 11.9. The molecule has 0 aliphatic heterocycles. The van der Waals surface area contributed by atoms with Crippen LogP contribution in [0.5, 0.6) is 5.75 Å². The van der Waals surface area contributed by atoms with E-state index in [-0.39, 0.29) is 17.7 Å².